The van der Waals surface area contributed by atoms with Crippen LogP contribution in [0.15, 0.2) is 0 Å². The highest BCUT2D eigenvalue weighted by Gasteiger charge is 2.38. The number of hydrogen-bond donors (Lipinski definition) is 7. The fourth-order valence-electron chi connectivity index (χ4n) is 4.06. The zero-order valence-electron chi connectivity index (χ0n) is 20.5. The van der Waals surface area contributed by atoms with Crippen molar-refractivity contribution in [3.8, 4) is 0 Å². The van der Waals surface area contributed by atoms with Crippen molar-refractivity contribution in [1.82, 2.24) is 10.1 Å². The zero-order valence-corrected chi connectivity index (χ0v) is 20.5. The lowest BCUT2D eigenvalue weighted by atomic mass is 10.0. The summed E-state index contributed by atoms with van der Waals surface area (Å²) in [7, 11) is 0. The normalized spacial score (nSPS) is 15.0. The molecular weight excluding hydrogens is 416 g/mol. The molecule has 32 heavy (non-hydrogen) atoms. The van der Waals surface area contributed by atoms with E-state index in [0.717, 1.165) is 19.3 Å². The van der Waals surface area contributed by atoms with Gasteiger partial charge in [0.05, 0.1) is 12.1 Å². The van der Waals surface area contributed by atoms with E-state index in [-0.39, 0.29) is 25.7 Å². The summed E-state index contributed by atoms with van der Waals surface area (Å²) in [6.07, 6.45) is 12.1. The van der Waals surface area contributed by atoms with Gasteiger partial charge < -0.3 is 35.9 Å². The van der Waals surface area contributed by atoms with E-state index in [4.69, 9.17) is 15.3 Å². The number of rotatable bonds is 21. The van der Waals surface area contributed by atoms with Crippen LogP contribution in [0.3, 0.4) is 0 Å². The maximum atomic E-state index is 10.5. The highest BCUT2D eigenvalue weighted by Crippen LogP contribution is 2.23. The van der Waals surface area contributed by atoms with E-state index in [1.165, 1.54) is 50.0 Å². The summed E-state index contributed by atoms with van der Waals surface area (Å²) in [6, 6.07) is -1.24. The average Bonchev–Trinajstić information content (AvgIpc) is 2.71. The smallest absolute Gasteiger partial charge is 0.275 e. The predicted octanol–water partition coefficient (Wildman–Crippen LogP) is 3.29. The molecule has 0 aromatic carbocycles. The van der Waals surface area contributed by atoms with Crippen LogP contribution in [-0.2, 0) is 0 Å². The van der Waals surface area contributed by atoms with Crippen LogP contribution in [0.5, 0.6) is 0 Å². The van der Waals surface area contributed by atoms with Gasteiger partial charge >= 0.3 is 0 Å². The van der Waals surface area contributed by atoms with Crippen molar-refractivity contribution in [3.05, 3.63) is 0 Å². The van der Waals surface area contributed by atoms with Crippen molar-refractivity contribution in [1.29, 1.82) is 0 Å². The molecule has 9 heteroatoms. The van der Waals surface area contributed by atoms with Crippen molar-refractivity contribution in [3.63, 3.8) is 0 Å². The number of hydroxylamine groups is 4. The van der Waals surface area contributed by atoms with E-state index in [9.17, 15) is 20.6 Å². The third kappa shape index (κ3) is 14.7. The quantitative estimate of drug-likeness (QED) is 0.0768. The molecule has 9 nitrogen and oxygen atoms in total. The molecule has 0 saturated carbocycles. The largest absolute Gasteiger partial charge is 0.352 e. The Hall–Kier alpha value is -0.360. The van der Waals surface area contributed by atoms with Gasteiger partial charge in [-0.2, -0.15) is 5.06 Å². The van der Waals surface area contributed by atoms with Crippen LogP contribution in [0.1, 0.15) is 117 Å². The molecule has 0 radical (unpaired) electrons. The first-order chi connectivity index (χ1) is 15.0. The van der Waals surface area contributed by atoms with Gasteiger partial charge in [-0.25, -0.2) is 0 Å². The van der Waals surface area contributed by atoms with E-state index >= 15 is 0 Å². The van der Waals surface area contributed by atoms with Crippen molar-refractivity contribution in [2.24, 2.45) is 0 Å². The Morgan fingerprint density at radius 3 is 1.59 bits per heavy atom. The van der Waals surface area contributed by atoms with E-state index in [1.807, 2.05) is 6.92 Å². The molecule has 0 saturated heterocycles. The van der Waals surface area contributed by atoms with Crippen molar-refractivity contribution < 1.29 is 35.9 Å². The Bertz CT molecular complexity index is 447. The summed E-state index contributed by atoms with van der Waals surface area (Å²) in [4.78, 5) is 0. The van der Waals surface area contributed by atoms with Gasteiger partial charge in [0.1, 0.15) is 0 Å². The lowest BCUT2D eigenvalue weighted by molar-refractivity contribution is -0.385. The number of hydrogen-bond acceptors (Lipinski definition) is 9. The van der Waals surface area contributed by atoms with Crippen molar-refractivity contribution in [2.75, 3.05) is 6.54 Å². The Labute approximate surface area is 194 Å². The second-order valence-corrected chi connectivity index (χ2v) is 9.16. The molecule has 7 N–H and O–H groups in total. The van der Waals surface area contributed by atoms with Crippen LogP contribution in [0.25, 0.3) is 0 Å². The van der Waals surface area contributed by atoms with Gasteiger partial charge in [-0.05, 0) is 32.6 Å². The Morgan fingerprint density at radius 2 is 1.12 bits per heavy atom. The van der Waals surface area contributed by atoms with Gasteiger partial charge in [0.25, 0.3) is 5.97 Å². The molecule has 194 valence electrons. The number of nitrogens with zero attached hydrogens (tertiary/aromatic N) is 2. The third-order valence-electron chi connectivity index (χ3n) is 6.13. The molecule has 0 amide bonds. The molecule has 0 aliphatic carbocycles. The maximum Gasteiger partial charge on any atom is 0.275 e. The highest BCUT2D eigenvalue weighted by molar-refractivity contribution is 4.79. The molecule has 0 aromatic rings. The summed E-state index contributed by atoms with van der Waals surface area (Å²) < 4.78 is 0. The minimum Gasteiger partial charge on any atom is -0.352 e. The van der Waals surface area contributed by atoms with E-state index in [2.05, 4.69) is 6.92 Å². The molecule has 0 rings (SSSR count). The van der Waals surface area contributed by atoms with Gasteiger partial charge in [0.2, 0.25) is 5.91 Å². The third-order valence-corrected chi connectivity index (χ3v) is 6.13. The average molecular weight is 467 g/mol. The number of aliphatic hydroxyl groups is 5. The van der Waals surface area contributed by atoms with E-state index in [0.29, 0.717) is 18.0 Å². The summed E-state index contributed by atoms with van der Waals surface area (Å²) in [5, 5.41) is 69.5. The van der Waals surface area contributed by atoms with E-state index < -0.39 is 24.0 Å². The summed E-state index contributed by atoms with van der Waals surface area (Å²) >= 11 is 0. The van der Waals surface area contributed by atoms with E-state index in [1.54, 1.807) is 6.92 Å². The Balaban J connectivity index is 4.26. The predicted molar refractivity (Wildman–Crippen MR) is 123 cm³/mol. The first-order valence-corrected chi connectivity index (χ1v) is 12.5. The van der Waals surface area contributed by atoms with Gasteiger partial charge in [0, 0.05) is 19.4 Å². The zero-order chi connectivity index (χ0) is 24.6. The van der Waals surface area contributed by atoms with Gasteiger partial charge in [-0.3, -0.25) is 0 Å². The second-order valence-electron chi connectivity index (χ2n) is 9.16. The Morgan fingerprint density at radius 1 is 0.656 bits per heavy atom. The summed E-state index contributed by atoms with van der Waals surface area (Å²) in [6.45, 7) is 6.13. The lowest BCUT2D eigenvalue weighted by Gasteiger charge is -2.40. The molecule has 0 spiro atoms. The molecule has 0 aliphatic rings. The van der Waals surface area contributed by atoms with Crippen molar-refractivity contribution >= 4 is 0 Å². The molecule has 0 heterocycles. The highest BCUT2D eigenvalue weighted by atomic mass is 16.7. The molecule has 0 aromatic heterocycles. The van der Waals surface area contributed by atoms with Crippen LogP contribution in [-0.4, -0.2) is 76.6 Å². The molecule has 0 fully saturated rings. The lowest BCUT2D eigenvalue weighted by Crippen LogP contribution is -2.57. The maximum absolute atomic E-state index is 10.5. The van der Waals surface area contributed by atoms with Crippen LogP contribution in [0, 0.1) is 0 Å². The molecule has 2 unspecified atom stereocenters. The number of unbranched alkanes of at least 4 members (excludes halogenated alkanes) is 10. The van der Waals surface area contributed by atoms with Crippen LogP contribution < -0.4 is 0 Å². The van der Waals surface area contributed by atoms with Crippen LogP contribution in [0.2, 0.25) is 0 Å². The topological polar surface area (TPSA) is 148 Å². The van der Waals surface area contributed by atoms with Crippen LogP contribution >= 0.6 is 0 Å². The van der Waals surface area contributed by atoms with Gasteiger partial charge in [-0.15, -0.1) is 5.06 Å². The first-order valence-electron chi connectivity index (χ1n) is 12.5. The molecule has 0 aliphatic heterocycles. The Kier molecular flexibility index (Phi) is 16.9. The fourth-order valence-corrected chi connectivity index (χ4v) is 4.06. The first kappa shape index (κ1) is 31.6. The minimum absolute atomic E-state index is 0.122. The second kappa shape index (κ2) is 17.1. The monoisotopic (exact) mass is 466 g/mol. The molecular formula is C23H50N2O7. The molecule has 0 bridgehead atoms. The van der Waals surface area contributed by atoms with Gasteiger partial charge in [-0.1, -0.05) is 71.6 Å². The SMILES string of the molecule is CCCCCCCCCCCCN(O)C(CC)C(C)N(O)C(O)(O)CCCCC(O)(O)O. The summed E-state index contributed by atoms with van der Waals surface area (Å²) in [5.41, 5.74) is 0. The van der Waals surface area contributed by atoms with Gasteiger partial charge in [0.15, 0.2) is 0 Å². The summed E-state index contributed by atoms with van der Waals surface area (Å²) in [5.74, 6) is -5.33. The standard InChI is InChI=1S/C23H50N2O7/c1-4-6-7-8-9-10-11-12-13-16-19-24(31)21(5-2)20(3)25(32)22(26,27)17-14-15-18-23(28,29)30/h20-21,26-32H,4-19H2,1-3H3. The van der Waals surface area contributed by atoms with Crippen molar-refractivity contribution in [2.45, 2.75) is 141 Å². The minimum atomic E-state index is -2.79. The fraction of sp³-hybridized carbons (Fsp3) is 1.00. The molecule has 2 atom stereocenters. The van der Waals surface area contributed by atoms with Crippen LogP contribution in [0.4, 0.5) is 0 Å².